The fourth-order valence-electron chi connectivity index (χ4n) is 13.7. The van der Waals surface area contributed by atoms with Gasteiger partial charge in [0.1, 0.15) is 0 Å². The van der Waals surface area contributed by atoms with Crippen molar-refractivity contribution in [1.82, 2.24) is 4.90 Å². The second-order valence-corrected chi connectivity index (χ2v) is 17.7. The summed E-state index contributed by atoms with van der Waals surface area (Å²) in [6.45, 7) is 0. The molecule has 3 heteroatoms. The van der Waals surface area contributed by atoms with E-state index in [0.29, 0.717) is 12.2 Å². The molecule has 13 atom stereocenters. The first-order valence-corrected chi connectivity index (χ1v) is 19.4. The molecule has 218 valence electrons. The summed E-state index contributed by atoms with van der Waals surface area (Å²) in [4.78, 5) is 3.24. The predicted octanol–water partition coefficient (Wildman–Crippen LogP) is 8.86. The molecule has 0 aromatic heterocycles. The van der Waals surface area contributed by atoms with E-state index in [2.05, 4.69) is 16.7 Å². The average molecular weight is 552 g/mol. The van der Waals surface area contributed by atoms with E-state index in [-0.39, 0.29) is 0 Å². The van der Waals surface area contributed by atoms with Crippen LogP contribution in [-0.2, 0) is 4.74 Å². The fourth-order valence-corrected chi connectivity index (χ4v) is 16.3. The highest BCUT2D eigenvalue weighted by Gasteiger charge is 2.60. The third-order valence-electron chi connectivity index (χ3n) is 15.0. The molecule has 3 aliphatic heterocycles. The van der Waals surface area contributed by atoms with E-state index in [1.54, 1.807) is 57.8 Å². The normalized spacial score (nSPS) is 57.1. The van der Waals surface area contributed by atoms with Crippen LogP contribution in [0.4, 0.5) is 0 Å². The molecular formula is C36H57NOS. The van der Waals surface area contributed by atoms with Crippen LogP contribution < -0.4 is 0 Å². The Hall–Kier alpha value is 0.270. The highest BCUT2D eigenvalue weighted by molar-refractivity contribution is 8.00. The maximum absolute atomic E-state index is 6.79. The molecule has 9 rings (SSSR count). The Balaban J connectivity index is 0.893. The molecule has 9 fully saturated rings. The largest absolute Gasteiger partial charge is 0.374 e. The number of fused-ring (bicyclic) bond motifs is 10. The molecule has 0 spiro atoms. The van der Waals surface area contributed by atoms with Gasteiger partial charge in [0.15, 0.2) is 0 Å². The van der Waals surface area contributed by atoms with E-state index in [0.717, 1.165) is 76.0 Å². The molecule has 0 radical (unpaired) electrons. The van der Waals surface area contributed by atoms with Crippen molar-refractivity contribution < 1.29 is 4.74 Å². The van der Waals surface area contributed by atoms with Crippen LogP contribution in [0, 0.1) is 47.3 Å². The van der Waals surface area contributed by atoms with Crippen LogP contribution in [0.5, 0.6) is 0 Å². The van der Waals surface area contributed by atoms with Crippen molar-refractivity contribution in [1.29, 1.82) is 0 Å². The minimum absolute atomic E-state index is 0.633. The Labute approximate surface area is 243 Å². The van der Waals surface area contributed by atoms with Gasteiger partial charge in [0.25, 0.3) is 0 Å². The predicted molar refractivity (Wildman–Crippen MR) is 162 cm³/mol. The van der Waals surface area contributed by atoms with Crippen molar-refractivity contribution >= 4 is 11.8 Å². The van der Waals surface area contributed by atoms with Gasteiger partial charge in [-0.3, -0.25) is 4.90 Å². The van der Waals surface area contributed by atoms with Crippen LogP contribution in [0.15, 0.2) is 0 Å². The van der Waals surface area contributed by atoms with Crippen LogP contribution in [0.25, 0.3) is 0 Å². The Bertz CT molecular complexity index is 863. The zero-order valence-electron chi connectivity index (χ0n) is 24.8. The van der Waals surface area contributed by atoms with E-state index in [1.165, 1.54) is 77.0 Å². The summed E-state index contributed by atoms with van der Waals surface area (Å²) in [6.07, 6.45) is 33.2. The van der Waals surface area contributed by atoms with E-state index >= 15 is 0 Å². The Kier molecular flexibility index (Phi) is 6.91. The Morgan fingerprint density at radius 1 is 0.436 bits per heavy atom. The summed E-state index contributed by atoms with van der Waals surface area (Å²) in [7, 11) is 0. The molecule has 39 heavy (non-hydrogen) atoms. The van der Waals surface area contributed by atoms with Crippen LogP contribution in [0.3, 0.4) is 0 Å². The highest BCUT2D eigenvalue weighted by Crippen LogP contribution is 2.63. The molecule has 0 amide bonds. The average Bonchev–Trinajstić information content (AvgIpc) is 3.66. The quantitative estimate of drug-likeness (QED) is 0.340. The van der Waals surface area contributed by atoms with Gasteiger partial charge in [-0.25, -0.2) is 0 Å². The first-order valence-electron chi connectivity index (χ1n) is 18.4. The van der Waals surface area contributed by atoms with Crippen molar-refractivity contribution in [3.05, 3.63) is 0 Å². The van der Waals surface area contributed by atoms with Gasteiger partial charge in [-0.05, 0) is 131 Å². The van der Waals surface area contributed by atoms with Gasteiger partial charge in [0.2, 0.25) is 0 Å². The number of nitrogens with zero attached hydrogens (tertiary/aromatic N) is 1. The van der Waals surface area contributed by atoms with Crippen molar-refractivity contribution in [3.63, 3.8) is 0 Å². The minimum Gasteiger partial charge on any atom is -0.374 e. The molecule has 3 heterocycles. The first-order chi connectivity index (χ1) is 19.3. The number of ether oxygens (including phenoxy) is 1. The lowest BCUT2D eigenvalue weighted by Gasteiger charge is -2.46. The maximum Gasteiger partial charge on any atom is 0.0621 e. The summed E-state index contributed by atoms with van der Waals surface area (Å²) >= 11 is 2.58. The Morgan fingerprint density at radius 3 is 1.82 bits per heavy atom. The van der Waals surface area contributed by atoms with Crippen molar-refractivity contribution in [2.75, 3.05) is 0 Å². The third kappa shape index (κ3) is 4.14. The summed E-state index contributed by atoms with van der Waals surface area (Å²) in [5.74, 6) is 8.19. The summed E-state index contributed by atoms with van der Waals surface area (Å²) in [6, 6.07) is 2.90. The van der Waals surface area contributed by atoms with Gasteiger partial charge >= 0.3 is 0 Å². The lowest BCUT2D eigenvalue weighted by molar-refractivity contribution is -0.00302. The summed E-state index contributed by atoms with van der Waals surface area (Å²) < 4.78 is 6.79. The number of hydrogen-bond donors (Lipinski definition) is 0. The number of hydrogen-bond acceptors (Lipinski definition) is 3. The van der Waals surface area contributed by atoms with E-state index in [1.807, 2.05) is 0 Å². The molecular weight excluding hydrogens is 494 g/mol. The topological polar surface area (TPSA) is 12.5 Å². The van der Waals surface area contributed by atoms with Gasteiger partial charge in [-0.15, -0.1) is 0 Å². The second kappa shape index (κ2) is 10.5. The van der Waals surface area contributed by atoms with Crippen LogP contribution >= 0.6 is 11.8 Å². The van der Waals surface area contributed by atoms with E-state index < -0.39 is 0 Å². The maximum atomic E-state index is 6.79. The molecule has 6 aliphatic carbocycles. The van der Waals surface area contributed by atoms with Gasteiger partial charge in [0, 0.05) is 34.5 Å². The molecule has 0 bridgehead atoms. The Morgan fingerprint density at radius 2 is 1.05 bits per heavy atom. The zero-order valence-corrected chi connectivity index (χ0v) is 25.6. The molecule has 3 saturated heterocycles. The molecule has 9 aliphatic rings. The SMILES string of the molecule is C1CCC2C(C1)OC1CCC3C4CCCC(C5CCC(N6C7CCCCC7C7CCCCC76)CC5)C4SC3C12. The van der Waals surface area contributed by atoms with Gasteiger partial charge < -0.3 is 4.74 Å². The molecule has 6 saturated carbocycles. The lowest BCUT2D eigenvalue weighted by Crippen LogP contribution is -2.49. The van der Waals surface area contributed by atoms with E-state index in [4.69, 9.17) is 4.74 Å². The van der Waals surface area contributed by atoms with Crippen molar-refractivity contribution in [2.24, 2.45) is 47.3 Å². The van der Waals surface area contributed by atoms with Crippen LogP contribution in [-0.4, -0.2) is 45.7 Å². The van der Waals surface area contributed by atoms with Crippen molar-refractivity contribution in [2.45, 2.75) is 176 Å². The van der Waals surface area contributed by atoms with Crippen molar-refractivity contribution in [3.8, 4) is 0 Å². The van der Waals surface area contributed by atoms with Gasteiger partial charge in [-0.2, -0.15) is 11.8 Å². The molecule has 13 unspecified atom stereocenters. The standard InChI is InChI=1S/C36H57NOS/c1-4-13-30-25(8-1)26-9-2-5-14-31(26)37(30)23-18-16-22(17-19-23)24-11-7-12-27-28-20-21-33-34(36(28)39-35(24)27)29-10-3-6-15-32(29)38-33/h22-36H,1-21H2. The van der Waals surface area contributed by atoms with Gasteiger partial charge in [-0.1, -0.05) is 44.9 Å². The lowest BCUT2D eigenvalue weighted by atomic mass is 9.62. The number of thioether (sulfide) groups is 1. The molecule has 0 N–H and O–H groups in total. The first kappa shape index (κ1) is 25.7. The molecule has 0 aromatic carbocycles. The molecule has 0 aromatic rings. The number of likely N-dealkylation sites (tertiary alicyclic amines) is 1. The minimum atomic E-state index is 0.633. The zero-order chi connectivity index (χ0) is 25.5. The molecule has 2 nitrogen and oxygen atoms in total. The smallest absolute Gasteiger partial charge is 0.0621 e. The van der Waals surface area contributed by atoms with Gasteiger partial charge in [0.05, 0.1) is 12.2 Å². The summed E-state index contributed by atoms with van der Waals surface area (Å²) in [5, 5.41) is 1.97. The van der Waals surface area contributed by atoms with Crippen LogP contribution in [0.2, 0.25) is 0 Å². The third-order valence-corrected chi connectivity index (χ3v) is 17.0. The second-order valence-electron chi connectivity index (χ2n) is 16.4. The fraction of sp³-hybridized carbons (Fsp3) is 1.00. The van der Waals surface area contributed by atoms with E-state index in [9.17, 15) is 0 Å². The number of rotatable bonds is 2. The monoisotopic (exact) mass is 551 g/mol. The summed E-state index contributed by atoms with van der Waals surface area (Å²) in [5.41, 5.74) is 0. The highest BCUT2D eigenvalue weighted by atomic mass is 32.2. The van der Waals surface area contributed by atoms with Crippen LogP contribution in [0.1, 0.15) is 135 Å².